The van der Waals surface area contributed by atoms with Crippen LogP contribution >= 0.6 is 11.6 Å². The van der Waals surface area contributed by atoms with Crippen LogP contribution in [0.25, 0.3) is 0 Å². The zero-order chi connectivity index (χ0) is 16.2. The second-order valence-corrected chi connectivity index (χ2v) is 6.01. The minimum atomic E-state index is -0.642. The van der Waals surface area contributed by atoms with Crippen molar-refractivity contribution in [1.29, 1.82) is 0 Å². The second kappa shape index (κ2) is 7.01. The molecule has 5 heteroatoms. The van der Waals surface area contributed by atoms with Gasteiger partial charge in [0.2, 0.25) is 0 Å². The van der Waals surface area contributed by atoms with E-state index in [1.54, 1.807) is 24.3 Å². The lowest BCUT2D eigenvalue weighted by atomic mass is 10.2. The van der Waals surface area contributed by atoms with Crippen molar-refractivity contribution >= 4 is 23.2 Å². The third-order valence-corrected chi connectivity index (χ3v) is 4.22. The lowest BCUT2D eigenvalue weighted by Crippen LogP contribution is -2.14. The molecule has 0 radical (unpaired) electrons. The Morgan fingerprint density at radius 1 is 1.13 bits per heavy atom. The van der Waals surface area contributed by atoms with Crippen LogP contribution in [0.3, 0.4) is 0 Å². The van der Waals surface area contributed by atoms with Gasteiger partial charge in [0.15, 0.2) is 0 Å². The number of benzene rings is 2. The van der Waals surface area contributed by atoms with Crippen LogP contribution in [0.5, 0.6) is 5.75 Å². The zero-order valence-corrected chi connectivity index (χ0v) is 13.3. The first-order valence-corrected chi connectivity index (χ1v) is 8.03. The van der Waals surface area contributed by atoms with E-state index in [9.17, 15) is 9.18 Å². The SMILES string of the molecule is O=C(Nc1ccc(OC2CCCC2)cc1)c1c(F)cccc1Cl. The van der Waals surface area contributed by atoms with Crippen LogP contribution in [0.1, 0.15) is 36.0 Å². The fourth-order valence-corrected chi connectivity index (χ4v) is 2.97. The van der Waals surface area contributed by atoms with Crippen molar-refractivity contribution in [3.05, 3.63) is 58.9 Å². The highest BCUT2D eigenvalue weighted by Crippen LogP contribution is 2.25. The quantitative estimate of drug-likeness (QED) is 0.850. The molecule has 0 spiro atoms. The van der Waals surface area contributed by atoms with Gasteiger partial charge in [-0.1, -0.05) is 17.7 Å². The number of anilines is 1. The summed E-state index contributed by atoms with van der Waals surface area (Å²) in [5.41, 5.74) is 0.411. The van der Waals surface area contributed by atoms with Gasteiger partial charge in [0.05, 0.1) is 16.7 Å². The average molecular weight is 334 g/mol. The molecule has 120 valence electrons. The maximum absolute atomic E-state index is 13.7. The summed E-state index contributed by atoms with van der Waals surface area (Å²) in [6.45, 7) is 0. The normalized spacial score (nSPS) is 14.7. The Morgan fingerprint density at radius 3 is 2.48 bits per heavy atom. The highest BCUT2D eigenvalue weighted by atomic mass is 35.5. The van der Waals surface area contributed by atoms with Crippen LogP contribution in [0.4, 0.5) is 10.1 Å². The number of rotatable bonds is 4. The van der Waals surface area contributed by atoms with Crippen LogP contribution < -0.4 is 10.1 Å². The topological polar surface area (TPSA) is 38.3 Å². The van der Waals surface area contributed by atoms with Crippen molar-refractivity contribution in [2.75, 3.05) is 5.32 Å². The molecule has 1 N–H and O–H groups in total. The summed E-state index contributed by atoms with van der Waals surface area (Å²) >= 11 is 5.89. The Labute approximate surface area is 139 Å². The molecule has 1 aliphatic rings. The number of hydrogen-bond donors (Lipinski definition) is 1. The molecule has 1 fully saturated rings. The van der Waals surface area contributed by atoms with Crippen LogP contribution in [0, 0.1) is 5.82 Å². The van der Waals surface area contributed by atoms with Gasteiger partial charge in [-0.3, -0.25) is 4.79 Å². The number of carbonyl (C=O) groups is 1. The molecule has 0 unspecified atom stereocenters. The monoisotopic (exact) mass is 333 g/mol. The average Bonchev–Trinajstić information content (AvgIpc) is 3.02. The highest BCUT2D eigenvalue weighted by Gasteiger charge is 2.17. The Bertz CT molecular complexity index is 676. The number of halogens is 2. The van der Waals surface area contributed by atoms with Gasteiger partial charge in [-0.05, 0) is 62.1 Å². The molecule has 0 heterocycles. The van der Waals surface area contributed by atoms with Gasteiger partial charge in [0.25, 0.3) is 5.91 Å². The Balaban J connectivity index is 1.67. The molecular weight excluding hydrogens is 317 g/mol. The Kier molecular flexibility index (Phi) is 4.82. The molecule has 0 atom stereocenters. The number of ether oxygens (including phenoxy) is 1. The van der Waals surface area contributed by atoms with Gasteiger partial charge in [-0.25, -0.2) is 4.39 Å². The number of nitrogens with one attached hydrogen (secondary N) is 1. The Hall–Kier alpha value is -2.07. The third-order valence-electron chi connectivity index (χ3n) is 3.91. The van der Waals surface area contributed by atoms with Gasteiger partial charge >= 0.3 is 0 Å². The Morgan fingerprint density at radius 2 is 1.83 bits per heavy atom. The van der Waals surface area contributed by atoms with Gasteiger partial charge < -0.3 is 10.1 Å². The largest absolute Gasteiger partial charge is 0.490 e. The van der Waals surface area contributed by atoms with Crippen LogP contribution in [0.2, 0.25) is 5.02 Å². The number of hydrogen-bond acceptors (Lipinski definition) is 2. The molecular formula is C18H17ClFNO2. The molecule has 0 saturated heterocycles. The van der Waals surface area contributed by atoms with E-state index < -0.39 is 11.7 Å². The van der Waals surface area contributed by atoms with Gasteiger partial charge in [-0.15, -0.1) is 0 Å². The van der Waals surface area contributed by atoms with E-state index in [2.05, 4.69) is 5.32 Å². The van der Waals surface area contributed by atoms with Crippen molar-refractivity contribution in [2.45, 2.75) is 31.8 Å². The summed E-state index contributed by atoms with van der Waals surface area (Å²) in [6.07, 6.45) is 4.88. The predicted molar refractivity (Wildman–Crippen MR) is 88.7 cm³/mol. The van der Waals surface area contributed by atoms with E-state index in [4.69, 9.17) is 16.3 Å². The molecule has 3 rings (SSSR count). The summed E-state index contributed by atoms with van der Waals surface area (Å²) in [4.78, 5) is 12.2. The van der Waals surface area contributed by atoms with Crippen molar-refractivity contribution in [2.24, 2.45) is 0 Å². The number of carbonyl (C=O) groups excluding carboxylic acids is 1. The first kappa shape index (κ1) is 15.8. The minimum absolute atomic E-state index is 0.0867. The highest BCUT2D eigenvalue weighted by molar-refractivity contribution is 6.34. The fraction of sp³-hybridized carbons (Fsp3) is 0.278. The van der Waals surface area contributed by atoms with Crippen molar-refractivity contribution in [1.82, 2.24) is 0 Å². The summed E-state index contributed by atoms with van der Waals surface area (Å²) < 4.78 is 19.6. The summed E-state index contributed by atoms with van der Waals surface area (Å²) in [6, 6.07) is 11.2. The molecule has 2 aromatic carbocycles. The van der Waals surface area contributed by atoms with Crippen LogP contribution in [0.15, 0.2) is 42.5 Å². The maximum Gasteiger partial charge on any atom is 0.260 e. The third kappa shape index (κ3) is 3.82. The number of amides is 1. The molecule has 0 aliphatic heterocycles. The first-order valence-electron chi connectivity index (χ1n) is 7.65. The van der Waals surface area contributed by atoms with E-state index >= 15 is 0 Å². The molecule has 1 saturated carbocycles. The van der Waals surface area contributed by atoms with Crippen LogP contribution in [-0.2, 0) is 0 Å². The zero-order valence-electron chi connectivity index (χ0n) is 12.5. The molecule has 23 heavy (non-hydrogen) atoms. The predicted octanol–water partition coefficient (Wildman–Crippen LogP) is 5.05. The second-order valence-electron chi connectivity index (χ2n) is 5.60. The molecule has 0 aromatic heterocycles. The smallest absolute Gasteiger partial charge is 0.260 e. The summed E-state index contributed by atoms with van der Waals surface area (Å²) in [5, 5.41) is 2.73. The van der Waals surface area contributed by atoms with Gasteiger partial charge in [-0.2, -0.15) is 0 Å². The molecule has 3 nitrogen and oxygen atoms in total. The summed E-state index contributed by atoms with van der Waals surface area (Å²) in [5.74, 6) is -0.437. The maximum atomic E-state index is 13.7. The fourth-order valence-electron chi connectivity index (χ4n) is 2.72. The van der Waals surface area contributed by atoms with E-state index in [0.717, 1.165) is 18.6 Å². The molecule has 2 aromatic rings. The van der Waals surface area contributed by atoms with E-state index in [-0.39, 0.29) is 16.7 Å². The molecule has 0 bridgehead atoms. The van der Waals surface area contributed by atoms with Crippen molar-refractivity contribution in [3.8, 4) is 5.75 Å². The first-order chi connectivity index (χ1) is 11.1. The van der Waals surface area contributed by atoms with Crippen LogP contribution in [-0.4, -0.2) is 12.0 Å². The van der Waals surface area contributed by atoms with Gasteiger partial charge in [0.1, 0.15) is 11.6 Å². The van der Waals surface area contributed by atoms with E-state index in [1.807, 2.05) is 0 Å². The molecule has 1 amide bonds. The van der Waals surface area contributed by atoms with E-state index in [1.165, 1.54) is 31.0 Å². The van der Waals surface area contributed by atoms with Gasteiger partial charge in [0, 0.05) is 5.69 Å². The van der Waals surface area contributed by atoms with Crippen molar-refractivity contribution < 1.29 is 13.9 Å². The lowest BCUT2D eigenvalue weighted by Gasteiger charge is -2.13. The standard InChI is InChI=1S/C18H17ClFNO2/c19-15-6-3-7-16(20)17(15)18(22)21-12-8-10-14(11-9-12)23-13-4-1-2-5-13/h3,6-11,13H,1-2,4-5H2,(H,21,22). The lowest BCUT2D eigenvalue weighted by molar-refractivity contribution is 0.102. The van der Waals surface area contributed by atoms with E-state index in [0.29, 0.717) is 5.69 Å². The van der Waals surface area contributed by atoms with Crippen molar-refractivity contribution in [3.63, 3.8) is 0 Å². The minimum Gasteiger partial charge on any atom is -0.490 e. The molecule has 1 aliphatic carbocycles. The summed E-state index contributed by atoms with van der Waals surface area (Å²) in [7, 11) is 0.